The van der Waals surface area contributed by atoms with Gasteiger partial charge in [0.05, 0.1) is 11.6 Å². The first-order valence-electron chi connectivity index (χ1n) is 9.20. The first-order valence-corrected chi connectivity index (χ1v) is 9.20. The van der Waals surface area contributed by atoms with Crippen molar-refractivity contribution in [2.24, 2.45) is 5.73 Å². The molecule has 0 saturated carbocycles. The lowest BCUT2D eigenvalue weighted by atomic mass is 10.0. The summed E-state index contributed by atoms with van der Waals surface area (Å²) in [7, 11) is 0. The zero-order chi connectivity index (χ0) is 20.8. The summed E-state index contributed by atoms with van der Waals surface area (Å²) in [6, 6.07) is 15.1. The number of hydrogen-bond acceptors (Lipinski definition) is 6. The third-order valence-corrected chi connectivity index (χ3v) is 4.43. The van der Waals surface area contributed by atoms with Crippen LogP contribution >= 0.6 is 0 Å². The zero-order valence-electron chi connectivity index (χ0n) is 16.4. The van der Waals surface area contributed by atoms with Crippen LogP contribution in [0.1, 0.15) is 28.7 Å². The molecule has 1 aromatic heterocycles. The number of aryl methyl sites for hydroxylation is 3. The Morgan fingerprint density at radius 2 is 1.79 bits per heavy atom. The Bertz CT molecular complexity index is 1050. The highest BCUT2D eigenvalue weighted by atomic mass is 16.1. The molecule has 3 aromatic rings. The summed E-state index contributed by atoms with van der Waals surface area (Å²) in [4.78, 5) is 19.8. The van der Waals surface area contributed by atoms with Gasteiger partial charge in [0, 0.05) is 24.0 Å². The van der Waals surface area contributed by atoms with Crippen LogP contribution in [0.15, 0.2) is 48.7 Å². The molecule has 0 radical (unpaired) electrons. The summed E-state index contributed by atoms with van der Waals surface area (Å²) in [5.74, 6) is 0.811. The van der Waals surface area contributed by atoms with Crippen molar-refractivity contribution in [1.29, 1.82) is 5.26 Å². The van der Waals surface area contributed by atoms with E-state index in [2.05, 4.69) is 38.8 Å². The molecule has 146 valence electrons. The molecule has 0 aliphatic carbocycles. The van der Waals surface area contributed by atoms with E-state index >= 15 is 0 Å². The molecule has 1 amide bonds. The molecule has 0 saturated heterocycles. The van der Waals surface area contributed by atoms with Gasteiger partial charge in [-0.15, -0.1) is 0 Å². The monoisotopic (exact) mass is 386 g/mol. The molecule has 4 N–H and O–H groups in total. The lowest BCUT2D eigenvalue weighted by molar-refractivity contribution is -0.117. The number of nitrogens with one attached hydrogen (secondary N) is 2. The van der Waals surface area contributed by atoms with Crippen LogP contribution in [-0.4, -0.2) is 15.9 Å². The van der Waals surface area contributed by atoms with Crippen molar-refractivity contribution in [2.45, 2.75) is 26.7 Å². The second kappa shape index (κ2) is 8.85. The standard InChI is InChI=1S/C22H22N6O/c1-14-11-17(5-8-19(24)29)12-15(2)21(14)27-20-9-10-25-22(28-20)26-18-6-3-16(13-23)4-7-18/h3-4,6-7,9-12H,5,8H2,1-2H3,(H2,24,29)(H2,25,26,27,28). The summed E-state index contributed by atoms with van der Waals surface area (Å²) in [6.45, 7) is 4.03. The highest BCUT2D eigenvalue weighted by Gasteiger charge is 2.08. The van der Waals surface area contributed by atoms with E-state index in [0.717, 1.165) is 28.1 Å². The van der Waals surface area contributed by atoms with Gasteiger partial charge in [-0.1, -0.05) is 12.1 Å². The van der Waals surface area contributed by atoms with Crippen LogP contribution in [0.4, 0.5) is 23.1 Å². The molecular weight excluding hydrogens is 364 g/mol. The summed E-state index contributed by atoms with van der Waals surface area (Å²) < 4.78 is 0. The van der Waals surface area contributed by atoms with E-state index in [9.17, 15) is 4.79 Å². The van der Waals surface area contributed by atoms with Crippen LogP contribution in [0.2, 0.25) is 0 Å². The van der Waals surface area contributed by atoms with E-state index in [-0.39, 0.29) is 5.91 Å². The molecule has 0 bridgehead atoms. The Morgan fingerprint density at radius 3 is 2.41 bits per heavy atom. The van der Waals surface area contributed by atoms with Crippen LogP contribution < -0.4 is 16.4 Å². The number of benzene rings is 2. The zero-order valence-corrected chi connectivity index (χ0v) is 16.4. The maximum absolute atomic E-state index is 11.0. The minimum absolute atomic E-state index is 0.300. The van der Waals surface area contributed by atoms with Crippen molar-refractivity contribution >= 4 is 29.0 Å². The first kappa shape index (κ1) is 19.8. The summed E-state index contributed by atoms with van der Waals surface area (Å²) in [6.07, 6.45) is 2.64. The van der Waals surface area contributed by atoms with Gasteiger partial charge < -0.3 is 16.4 Å². The summed E-state index contributed by atoms with van der Waals surface area (Å²) in [5.41, 5.74) is 10.8. The van der Waals surface area contributed by atoms with Crippen molar-refractivity contribution in [3.63, 3.8) is 0 Å². The number of primary amides is 1. The topological polar surface area (TPSA) is 117 Å². The molecule has 0 aliphatic rings. The molecule has 0 aliphatic heterocycles. The lowest BCUT2D eigenvalue weighted by Crippen LogP contribution is -2.11. The molecule has 29 heavy (non-hydrogen) atoms. The van der Waals surface area contributed by atoms with Crippen molar-refractivity contribution in [3.05, 3.63) is 70.9 Å². The number of carbonyl (C=O) groups excluding carboxylic acids is 1. The number of nitrogens with two attached hydrogens (primary N) is 1. The van der Waals surface area contributed by atoms with Gasteiger partial charge in [0.1, 0.15) is 5.82 Å². The Hall–Kier alpha value is -3.92. The van der Waals surface area contributed by atoms with E-state index < -0.39 is 0 Å². The van der Waals surface area contributed by atoms with Crippen molar-refractivity contribution in [1.82, 2.24) is 9.97 Å². The van der Waals surface area contributed by atoms with Gasteiger partial charge in [0.25, 0.3) is 0 Å². The smallest absolute Gasteiger partial charge is 0.229 e. The number of aromatic nitrogens is 2. The summed E-state index contributed by atoms with van der Waals surface area (Å²) in [5, 5.41) is 15.4. The fraction of sp³-hybridized carbons (Fsp3) is 0.182. The quantitative estimate of drug-likeness (QED) is 0.567. The van der Waals surface area contributed by atoms with Crippen LogP contribution in [0.3, 0.4) is 0 Å². The molecule has 7 heteroatoms. The predicted molar refractivity (Wildman–Crippen MR) is 113 cm³/mol. The number of rotatable bonds is 7. The predicted octanol–water partition coefficient (Wildman–Crippen LogP) is 3.87. The molecule has 7 nitrogen and oxygen atoms in total. The Balaban J connectivity index is 1.75. The SMILES string of the molecule is Cc1cc(CCC(N)=O)cc(C)c1Nc1ccnc(Nc2ccc(C#N)cc2)n1. The van der Waals surface area contributed by atoms with Gasteiger partial charge in [-0.2, -0.15) is 10.2 Å². The van der Waals surface area contributed by atoms with Gasteiger partial charge in [0.15, 0.2) is 0 Å². The fourth-order valence-electron chi connectivity index (χ4n) is 3.04. The lowest BCUT2D eigenvalue weighted by Gasteiger charge is -2.15. The highest BCUT2D eigenvalue weighted by Crippen LogP contribution is 2.26. The molecule has 3 rings (SSSR count). The minimum atomic E-state index is -0.300. The van der Waals surface area contributed by atoms with E-state index in [0.29, 0.717) is 30.2 Å². The molecule has 0 spiro atoms. The molecule has 0 unspecified atom stereocenters. The largest absolute Gasteiger partial charge is 0.370 e. The number of hydrogen-bond donors (Lipinski definition) is 3. The maximum Gasteiger partial charge on any atom is 0.229 e. The van der Waals surface area contributed by atoms with E-state index in [1.165, 1.54) is 0 Å². The van der Waals surface area contributed by atoms with Crippen molar-refractivity contribution in [2.75, 3.05) is 10.6 Å². The second-order valence-corrected chi connectivity index (χ2v) is 6.78. The average molecular weight is 386 g/mol. The van der Waals surface area contributed by atoms with E-state index in [1.54, 1.807) is 36.5 Å². The van der Waals surface area contributed by atoms with E-state index in [1.807, 2.05) is 13.8 Å². The second-order valence-electron chi connectivity index (χ2n) is 6.78. The normalized spacial score (nSPS) is 10.2. The Kier molecular flexibility index (Phi) is 6.05. The van der Waals surface area contributed by atoms with Gasteiger partial charge >= 0.3 is 0 Å². The van der Waals surface area contributed by atoms with E-state index in [4.69, 9.17) is 11.0 Å². The molecule has 0 fully saturated rings. The summed E-state index contributed by atoms with van der Waals surface area (Å²) >= 11 is 0. The van der Waals surface area contributed by atoms with Crippen molar-refractivity contribution in [3.8, 4) is 6.07 Å². The molecule has 2 aromatic carbocycles. The van der Waals surface area contributed by atoms with Crippen LogP contribution in [0.5, 0.6) is 0 Å². The molecule has 1 heterocycles. The fourth-order valence-corrected chi connectivity index (χ4v) is 3.04. The van der Waals surface area contributed by atoms with Gasteiger partial charge in [-0.05, 0) is 67.3 Å². The minimum Gasteiger partial charge on any atom is -0.370 e. The van der Waals surface area contributed by atoms with Gasteiger partial charge in [-0.25, -0.2) is 4.98 Å². The van der Waals surface area contributed by atoms with Gasteiger partial charge in [-0.3, -0.25) is 4.79 Å². The van der Waals surface area contributed by atoms with Crippen LogP contribution in [0, 0.1) is 25.2 Å². The number of amides is 1. The Morgan fingerprint density at radius 1 is 1.10 bits per heavy atom. The van der Waals surface area contributed by atoms with Crippen LogP contribution in [0.25, 0.3) is 0 Å². The maximum atomic E-state index is 11.0. The number of anilines is 4. The third-order valence-electron chi connectivity index (χ3n) is 4.43. The molecular formula is C22H22N6O. The first-order chi connectivity index (χ1) is 13.9. The number of nitrogens with zero attached hydrogens (tertiary/aromatic N) is 3. The highest BCUT2D eigenvalue weighted by molar-refractivity contribution is 5.74. The average Bonchev–Trinajstić information content (AvgIpc) is 2.70. The van der Waals surface area contributed by atoms with Crippen molar-refractivity contribution < 1.29 is 4.79 Å². The third kappa shape index (κ3) is 5.30. The van der Waals surface area contributed by atoms with Crippen LogP contribution in [-0.2, 0) is 11.2 Å². The number of nitriles is 1. The van der Waals surface area contributed by atoms with Gasteiger partial charge in [0.2, 0.25) is 11.9 Å². The number of carbonyl (C=O) groups is 1. The molecule has 0 atom stereocenters. The Labute approximate surface area is 169 Å².